The van der Waals surface area contributed by atoms with Crippen molar-refractivity contribution in [1.29, 1.82) is 0 Å². The van der Waals surface area contributed by atoms with Gasteiger partial charge < -0.3 is 5.11 Å². The minimum absolute atomic E-state index is 0.191. The Balaban J connectivity index is 3.10. The van der Waals surface area contributed by atoms with Gasteiger partial charge in [-0.15, -0.1) is 0 Å². The van der Waals surface area contributed by atoms with Crippen molar-refractivity contribution < 1.29 is 18.3 Å². The Morgan fingerprint density at radius 2 is 1.80 bits per heavy atom. The summed E-state index contributed by atoms with van der Waals surface area (Å²) in [4.78, 5) is 0. The molecule has 0 saturated carbocycles. The van der Waals surface area contributed by atoms with E-state index in [9.17, 15) is 18.3 Å². The summed E-state index contributed by atoms with van der Waals surface area (Å²) in [5.74, 6) is -4.28. The molecule has 0 aliphatic rings. The molecule has 0 aliphatic heterocycles. The van der Waals surface area contributed by atoms with Crippen molar-refractivity contribution in [3.63, 3.8) is 0 Å². The van der Waals surface area contributed by atoms with Crippen LogP contribution >= 0.6 is 0 Å². The first kappa shape index (κ1) is 12.0. The molecule has 1 aromatic carbocycles. The molecule has 0 radical (unpaired) electrons. The van der Waals surface area contributed by atoms with Gasteiger partial charge in [-0.25, -0.2) is 13.2 Å². The first-order valence-corrected chi connectivity index (χ1v) is 4.80. The SMILES string of the molecule is CCC(C)C(O)c1ccc(F)c(F)c1F. The molecule has 0 saturated heterocycles. The zero-order chi connectivity index (χ0) is 11.6. The molecule has 2 unspecified atom stereocenters. The van der Waals surface area contributed by atoms with Gasteiger partial charge >= 0.3 is 0 Å². The number of rotatable bonds is 3. The molecule has 1 aromatic rings. The van der Waals surface area contributed by atoms with E-state index >= 15 is 0 Å². The summed E-state index contributed by atoms with van der Waals surface area (Å²) in [5.41, 5.74) is -0.191. The van der Waals surface area contributed by atoms with Crippen molar-refractivity contribution in [1.82, 2.24) is 0 Å². The van der Waals surface area contributed by atoms with Crippen molar-refractivity contribution in [3.8, 4) is 0 Å². The van der Waals surface area contributed by atoms with Crippen molar-refractivity contribution in [2.75, 3.05) is 0 Å². The molecular formula is C11H13F3O. The average molecular weight is 218 g/mol. The lowest BCUT2D eigenvalue weighted by Crippen LogP contribution is -2.11. The minimum atomic E-state index is -1.53. The Labute approximate surface area is 86.5 Å². The van der Waals surface area contributed by atoms with Gasteiger partial charge in [-0.1, -0.05) is 26.3 Å². The average Bonchev–Trinajstić information content (AvgIpc) is 2.24. The summed E-state index contributed by atoms with van der Waals surface area (Å²) in [6.45, 7) is 3.54. The third-order valence-corrected chi connectivity index (χ3v) is 2.57. The zero-order valence-electron chi connectivity index (χ0n) is 8.60. The van der Waals surface area contributed by atoms with Gasteiger partial charge in [0, 0.05) is 5.56 Å². The molecule has 0 heterocycles. The van der Waals surface area contributed by atoms with Gasteiger partial charge in [0.1, 0.15) is 0 Å². The second kappa shape index (κ2) is 4.66. The molecule has 84 valence electrons. The number of aliphatic hydroxyl groups excluding tert-OH is 1. The van der Waals surface area contributed by atoms with Gasteiger partial charge in [-0.05, 0) is 12.0 Å². The smallest absolute Gasteiger partial charge is 0.194 e. The normalized spacial score (nSPS) is 15.1. The number of benzene rings is 1. The molecule has 0 aliphatic carbocycles. The van der Waals surface area contributed by atoms with E-state index in [1.165, 1.54) is 0 Å². The van der Waals surface area contributed by atoms with Gasteiger partial charge in [0.2, 0.25) is 0 Å². The van der Waals surface area contributed by atoms with Crippen LogP contribution in [-0.2, 0) is 0 Å². The molecule has 1 N–H and O–H groups in total. The fraction of sp³-hybridized carbons (Fsp3) is 0.455. The topological polar surface area (TPSA) is 20.2 Å². The lowest BCUT2D eigenvalue weighted by atomic mass is 9.95. The van der Waals surface area contributed by atoms with Gasteiger partial charge in [0.25, 0.3) is 0 Å². The van der Waals surface area contributed by atoms with Crippen molar-refractivity contribution in [2.45, 2.75) is 26.4 Å². The molecule has 0 bridgehead atoms. The summed E-state index contributed by atoms with van der Waals surface area (Å²) in [7, 11) is 0. The molecule has 0 spiro atoms. The summed E-state index contributed by atoms with van der Waals surface area (Å²) in [6.07, 6.45) is -0.482. The number of halogens is 3. The van der Waals surface area contributed by atoms with E-state index in [2.05, 4.69) is 0 Å². The lowest BCUT2D eigenvalue weighted by molar-refractivity contribution is 0.110. The first-order chi connectivity index (χ1) is 6.99. The molecule has 1 nitrogen and oxygen atoms in total. The summed E-state index contributed by atoms with van der Waals surface area (Å²) >= 11 is 0. The highest BCUT2D eigenvalue weighted by molar-refractivity contribution is 5.22. The van der Waals surface area contributed by atoms with Crippen LogP contribution in [0, 0.1) is 23.4 Å². The fourth-order valence-electron chi connectivity index (χ4n) is 1.30. The highest BCUT2D eigenvalue weighted by Gasteiger charge is 2.22. The maximum Gasteiger partial charge on any atom is 0.194 e. The van der Waals surface area contributed by atoms with E-state index in [0.717, 1.165) is 12.1 Å². The lowest BCUT2D eigenvalue weighted by Gasteiger charge is -2.18. The van der Waals surface area contributed by atoms with Crippen molar-refractivity contribution in [3.05, 3.63) is 35.1 Å². The van der Waals surface area contributed by atoms with Crippen LogP contribution in [0.5, 0.6) is 0 Å². The second-order valence-electron chi connectivity index (χ2n) is 3.59. The second-order valence-corrected chi connectivity index (χ2v) is 3.59. The van der Waals surface area contributed by atoms with Crippen LogP contribution in [0.15, 0.2) is 12.1 Å². The Kier molecular flexibility index (Phi) is 3.74. The summed E-state index contributed by atoms with van der Waals surface area (Å²) in [5, 5.41) is 9.66. The third kappa shape index (κ3) is 2.31. The van der Waals surface area contributed by atoms with Crippen LogP contribution in [0.1, 0.15) is 31.9 Å². The first-order valence-electron chi connectivity index (χ1n) is 4.80. The van der Waals surface area contributed by atoms with Crippen LogP contribution in [0.2, 0.25) is 0 Å². The third-order valence-electron chi connectivity index (χ3n) is 2.57. The highest BCUT2D eigenvalue weighted by atomic mass is 19.2. The monoisotopic (exact) mass is 218 g/mol. The van der Waals surface area contributed by atoms with Crippen LogP contribution in [-0.4, -0.2) is 5.11 Å². The van der Waals surface area contributed by atoms with E-state index < -0.39 is 23.6 Å². The molecule has 4 heteroatoms. The number of hydrogen-bond donors (Lipinski definition) is 1. The van der Waals surface area contributed by atoms with Gasteiger partial charge in [-0.2, -0.15) is 0 Å². The van der Waals surface area contributed by atoms with Gasteiger partial charge in [-0.3, -0.25) is 0 Å². The Morgan fingerprint density at radius 3 is 2.33 bits per heavy atom. The van der Waals surface area contributed by atoms with Gasteiger partial charge in [0.05, 0.1) is 6.10 Å². The van der Waals surface area contributed by atoms with E-state index in [0.29, 0.717) is 6.42 Å². The fourth-order valence-corrected chi connectivity index (χ4v) is 1.30. The number of hydrogen-bond acceptors (Lipinski definition) is 1. The Bertz CT molecular complexity index is 352. The summed E-state index contributed by atoms with van der Waals surface area (Å²) < 4.78 is 38.7. The quantitative estimate of drug-likeness (QED) is 0.772. The van der Waals surface area contributed by atoms with E-state index in [-0.39, 0.29) is 11.5 Å². The van der Waals surface area contributed by atoms with E-state index in [1.807, 2.05) is 6.92 Å². The molecule has 0 aromatic heterocycles. The van der Waals surface area contributed by atoms with Crippen LogP contribution < -0.4 is 0 Å². The molecule has 0 fully saturated rings. The predicted molar refractivity (Wildman–Crippen MR) is 50.7 cm³/mol. The van der Waals surface area contributed by atoms with Crippen LogP contribution in [0.25, 0.3) is 0 Å². The van der Waals surface area contributed by atoms with E-state index in [4.69, 9.17) is 0 Å². The molecule has 2 atom stereocenters. The maximum absolute atomic E-state index is 13.2. The molecular weight excluding hydrogens is 205 g/mol. The van der Waals surface area contributed by atoms with E-state index in [1.54, 1.807) is 6.92 Å². The Hall–Kier alpha value is -1.03. The summed E-state index contributed by atoms with van der Waals surface area (Å²) in [6, 6.07) is 1.89. The highest BCUT2D eigenvalue weighted by Crippen LogP contribution is 2.28. The maximum atomic E-state index is 13.2. The number of aliphatic hydroxyl groups is 1. The largest absolute Gasteiger partial charge is 0.388 e. The van der Waals surface area contributed by atoms with Gasteiger partial charge in [0.15, 0.2) is 17.5 Å². The molecule has 1 rings (SSSR count). The standard InChI is InChI=1S/C11H13F3O/c1-3-6(2)11(15)7-4-5-8(12)10(14)9(7)13/h4-6,11,15H,3H2,1-2H3. The van der Waals surface area contributed by atoms with Crippen molar-refractivity contribution >= 4 is 0 Å². The minimum Gasteiger partial charge on any atom is -0.388 e. The van der Waals surface area contributed by atoms with Crippen LogP contribution in [0.4, 0.5) is 13.2 Å². The predicted octanol–water partition coefficient (Wildman–Crippen LogP) is 3.18. The van der Waals surface area contributed by atoms with Crippen LogP contribution in [0.3, 0.4) is 0 Å². The zero-order valence-corrected chi connectivity index (χ0v) is 8.60. The Morgan fingerprint density at radius 1 is 1.20 bits per heavy atom. The van der Waals surface area contributed by atoms with Crippen molar-refractivity contribution in [2.24, 2.45) is 5.92 Å². The molecule has 15 heavy (non-hydrogen) atoms. The molecule has 0 amide bonds.